The third-order valence-electron chi connectivity index (χ3n) is 3.68. The van der Waals surface area contributed by atoms with Crippen LogP contribution in [0.3, 0.4) is 0 Å². The number of hydrogen-bond donors (Lipinski definition) is 2. The fraction of sp³-hybridized carbons (Fsp3) is 0.250. The van der Waals surface area contributed by atoms with E-state index < -0.39 is 0 Å². The highest BCUT2D eigenvalue weighted by molar-refractivity contribution is 5.44. The smallest absolute Gasteiger partial charge is 0.160 e. The molecule has 0 bridgehead atoms. The van der Waals surface area contributed by atoms with Gasteiger partial charge in [-0.1, -0.05) is 6.07 Å². The van der Waals surface area contributed by atoms with E-state index in [0.29, 0.717) is 23.5 Å². The molecule has 21 heavy (non-hydrogen) atoms. The summed E-state index contributed by atoms with van der Waals surface area (Å²) >= 11 is 0. The van der Waals surface area contributed by atoms with Crippen molar-refractivity contribution in [3.63, 3.8) is 0 Å². The maximum Gasteiger partial charge on any atom is 0.160 e. The summed E-state index contributed by atoms with van der Waals surface area (Å²) in [5, 5.41) is 9.86. The Bertz CT molecular complexity index is 675. The van der Waals surface area contributed by atoms with Gasteiger partial charge in [-0.05, 0) is 35.9 Å². The van der Waals surface area contributed by atoms with Gasteiger partial charge >= 0.3 is 0 Å². The average Bonchev–Trinajstić information content (AvgIpc) is 2.47. The van der Waals surface area contributed by atoms with Gasteiger partial charge in [0, 0.05) is 18.0 Å². The number of halogens is 1. The SMILES string of the molecule is COc1ccc(C2C[C@@H](N)c3cc(F)ccc3O2)cc1O. The van der Waals surface area contributed by atoms with Gasteiger partial charge in [0.05, 0.1) is 7.11 Å². The highest BCUT2D eigenvalue weighted by atomic mass is 19.1. The molecule has 0 aliphatic carbocycles. The molecule has 0 spiro atoms. The molecule has 2 atom stereocenters. The topological polar surface area (TPSA) is 64.7 Å². The molecular weight excluding hydrogens is 273 g/mol. The summed E-state index contributed by atoms with van der Waals surface area (Å²) in [6, 6.07) is 9.13. The van der Waals surface area contributed by atoms with Crippen LogP contribution in [-0.2, 0) is 0 Å². The Balaban J connectivity index is 1.92. The Hall–Kier alpha value is -2.27. The number of nitrogens with two attached hydrogens (primary N) is 1. The van der Waals surface area contributed by atoms with Gasteiger partial charge in [0.2, 0.25) is 0 Å². The first-order valence-corrected chi connectivity index (χ1v) is 6.67. The third-order valence-corrected chi connectivity index (χ3v) is 3.68. The van der Waals surface area contributed by atoms with Gasteiger partial charge in [0.15, 0.2) is 11.5 Å². The molecule has 0 fully saturated rings. The molecule has 1 aliphatic rings. The number of benzene rings is 2. The Morgan fingerprint density at radius 2 is 2.10 bits per heavy atom. The number of phenols is 1. The number of rotatable bonds is 2. The number of methoxy groups -OCH3 is 1. The molecule has 2 aromatic rings. The first-order valence-electron chi connectivity index (χ1n) is 6.67. The summed E-state index contributed by atoms with van der Waals surface area (Å²) in [4.78, 5) is 0. The summed E-state index contributed by atoms with van der Waals surface area (Å²) in [7, 11) is 1.49. The van der Waals surface area contributed by atoms with Gasteiger partial charge in [-0.15, -0.1) is 0 Å². The first-order chi connectivity index (χ1) is 10.1. The van der Waals surface area contributed by atoms with Crippen LogP contribution < -0.4 is 15.2 Å². The van der Waals surface area contributed by atoms with E-state index in [2.05, 4.69) is 0 Å². The lowest BCUT2D eigenvalue weighted by Crippen LogP contribution is -2.24. The Morgan fingerprint density at radius 1 is 1.29 bits per heavy atom. The molecule has 5 heteroatoms. The zero-order chi connectivity index (χ0) is 15.0. The standard InChI is InChI=1S/C16H16FNO3/c1-20-15-4-2-9(6-13(15)19)16-8-12(18)11-7-10(17)3-5-14(11)21-16/h2-7,12,16,19H,8,18H2,1H3/t12-,16?/m1/s1. The minimum atomic E-state index is -0.326. The minimum absolute atomic E-state index is 0.0528. The van der Waals surface area contributed by atoms with Crippen molar-refractivity contribution in [3.8, 4) is 17.2 Å². The van der Waals surface area contributed by atoms with Crippen molar-refractivity contribution in [3.05, 3.63) is 53.3 Å². The zero-order valence-electron chi connectivity index (χ0n) is 11.5. The lowest BCUT2D eigenvalue weighted by atomic mass is 9.93. The van der Waals surface area contributed by atoms with Crippen molar-refractivity contribution < 1.29 is 19.0 Å². The zero-order valence-corrected chi connectivity index (χ0v) is 11.5. The normalized spacial score (nSPS) is 20.5. The minimum Gasteiger partial charge on any atom is -0.504 e. The summed E-state index contributed by atoms with van der Waals surface area (Å²) in [5.74, 6) is 0.710. The van der Waals surface area contributed by atoms with E-state index in [1.165, 1.54) is 19.2 Å². The van der Waals surface area contributed by atoms with Crippen molar-refractivity contribution in [1.82, 2.24) is 0 Å². The molecule has 1 unspecified atom stereocenters. The number of aromatic hydroxyl groups is 1. The highest BCUT2D eigenvalue weighted by Crippen LogP contribution is 2.41. The van der Waals surface area contributed by atoms with Gasteiger partial charge in [0.1, 0.15) is 17.7 Å². The van der Waals surface area contributed by atoms with Gasteiger partial charge in [-0.3, -0.25) is 0 Å². The molecule has 0 saturated heterocycles. The number of fused-ring (bicyclic) bond motifs is 1. The number of hydrogen-bond acceptors (Lipinski definition) is 4. The maximum atomic E-state index is 13.3. The third kappa shape index (κ3) is 2.52. The molecule has 1 heterocycles. The molecular formula is C16H16FNO3. The predicted octanol–water partition coefficient (Wildman–Crippen LogP) is 3.06. The lowest BCUT2D eigenvalue weighted by molar-refractivity contribution is 0.160. The van der Waals surface area contributed by atoms with E-state index in [4.69, 9.17) is 15.2 Å². The van der Waals surface area contributed by atoms with Crippen LogP contribution >= 0.6 is 0 Å². The summed E-state index contributed by atoms with van der Waals surface area (Å²) in [6.45, 7) is 0. The van der Waals surface area contributed by atoms with Crippen molar-refractivity contribution in [2.24, 2.45) is 5.73 Å². The van der Waals surface area contributed by atoms with Gasteiger partial charge in [-0.2, -0.15) is 0 Å². The van der Waals surface area contributed by atoms with Crippen LogP contribution in [0, 0.1) is 5.82 Å². The van der Waals surface area contributed by atoms with Crippen LogP contribution in [-0.4, -0.2) is 12.2 Å². The van der Waals surface area contributed by atoms with E-state index in [9.17, 15) is 9.50 Å². The van der Waals surface area contributed by atoms with Crippen LogP contribution in [0.1, 0.15) is 29.7 Å². The molecule has 0 saturated carbocycles. The van der Waals surface area contributed by atoms with E-state index >= 15 is 0 Å². The molecule has 110 valence electrons. The van der Waals surface area contributed by atoms with Crippen LogP contribution in [0.2, 0.25) is 0 Å². The fourth-order valence-corrected chi connectivity index (χ4v) is 2.59. The maximum absolute atomic E-state index is 13.3. The van der Waals surface area contributed by atoms with Gasteiger partial charge in [0.25, 0.3) is 0 Å². The first kappa shape index (κ1) is 13.7. The molecule has 4 nitrogen and oxygen atoms in total. The molecule has 2 aromatic carbocycles. The second kappa shape index (κ2) is 5.26. The van der Waals surface area contributed by atoms with E-state index in [1.807, 2.05) is 6.07 Å². The second-order valence-electron chi connectivity index (χ2n) is 5.06. The van der Waals surface area contributed by atoms with Gasteiger partial charge < -0.3 is 20.3 Å². The second-order valence-corrected chi connectivity index (χ2v) is 5.06. The van der Waals surface area contributed by atoms with Crippen LogP contribution in [0.5, 0.6) is 17.2 Å². The molecule has 3 N–H and O–H groups in total. The summed E-state index contributed by atoms with van der Waals surface area (Å²) in [6.07, 6.45) is 0.233. The van der Waals surface area contributed by atoms with Crippen LogP contribution in [0.15, 0.2) is 36.4 Å². The van der Waals surface area contributed by atoms with Crippen molar-refractivity contribution in [2.75, 3.05) is 7.11 Å². The average molecular weight is 289 g/mol. The molecule has 0 amide bonds. The number of phenolic OH excluding ortho intramolecular Hbond substituents is 1. The fourth-order valence-electron chi connectivity index (χ4n) is 2.59. The number of ether oxygens (including phenoxy) is 2. The quantitative estimate of drug-likeness (QED) is 0.891. The van der Waals surface area contributed by atoms with E-state index in [1.54, 1.807) is 18.2 Å². The van der Waals surface area contributed by atoms with E-state index in [0.717, 1.165) is 5.56 Å². The Morgan fingerprint density at radius 3 is 2.81 bits per heavy atom. The van der Waals surface area contributed by atoms with Crippen LogP contribution in [0.25, 0.3) is 0 Å². The largest absolute Gasteiger partial charge is 0.504 e. The van der Waals surface area contributed by atoms with Gasteiger partial charge in [-0.25, -0.2) is 4.39 Å². The van der Waals surface area contributed by atoms with Crippen molar-refractivity contribution in [1.29, 1.82) is 0 Å². The monoisotopic (exact) mass is 289 g/mol. The molecule has 0 aromatic heterocycles. The van der Waals surface area contributed by atoms with Crippen molar-refractivity contribution >= 4 is 0 Å². The van der Waals surface area contributed by atoms with Crippen molar-refractivity contribution in [2.45, 2.75) is 18.6 Å². The molecule has 3 rings (SSSR count). The van der Waals surface area contributed by atoms with Crippen LogP contribution in [0.4, 0.5) is 4.39 Å². The predicted molar refractivity (Wildman–Crippen MR) is 76.0 cm³/mol. The molecule has 0 radical (unpaired) electrons. The lowest BCUT2D eigenvalue weighted by Gasteiger charge is -2.30. The summed E-state index contributed by atoms with van der Waals surface area (Å²) < 4.78 is 24.2. The Labute approximate surface area is 121 Å². The highest BCUT2D eigenvalue weighted by Gasteiger charge is 2.28. The molecule has 1 aliphatic heterocycles. The Kier molecular flexibility index (Phi) is 3.43. The summed E-state index contributed by atoms with van der Waals surface area (Å²) in [5.41, 5.74) is 7.58. The van der Waals surface area contributed by atoms with E-state index in [-0.39, 0.29) is 23.7 Å².